The first kappa shape index (κ1) is 12.9. The maximum atomic E-state index is 6.34. The molecule has 2 N–H and O–H groups in total. The Hall–Kier alpha value is -0.120. The quantitative estimate of drug-likeness (QED) is 0.775. The number of nitrogens with zero attached hydrogens (tertiary/aromatic N) is 2. The fourth-order valence-corrected chi connectivity index (χ4v) is 3.72. The standard InChI is InChI=1S/C15H29N3/c16-15-5-3-1-2-4-13(15)12-17-8-10-18(11-9-17)14-6-7-14/h13-15H,1-12,16H2. The molecule has 0 amide bonds. The summed E-state index contributed by atoms with van der Waals surface area (Å²) in [7, 11) is 0. The molecular formula is C15H29N3. The van der Waals surface area contributed by atoms with Crippen LogP contribution in [0.3, 0.4) is 0 Å². The molecule has 0 aromatic carbocycles. The van der Waals surface area contributed by atoms with E-state index in [4.69, 9.17) is 5.73 Å². The van der Waals surface area contributed by atoms with E-state index >= 15 is 0 Å². The zero-order valence-corrected chi connectivity index (χ0v) is 11.7. The Balaban J connectivity index is 1.44. The third-order valence-corrected chi connectivity index (χ3v) is 5.18. The molecule has 2 unspecified atom stereocenters. The van der Waals surface area contributed by atoms with Gasteiger partial charge in [0.05, 0.1) is 0 Å². The number of piperazine rings is 1. The van der Waals surface area contributed by atoms with Crippen molar-refractivity contribution in [1.29, 1.82) is 0 Å². The fourth-order valence-electron chi connectivity index (χ4n) is 3.72. The summed E-state index contributed by atoms with van der Waals surface area (Å²) in [6.45, 7) is 6.42. The van der Waals surface area contributed by atoms with Crippen molar-refractivity contribution in [3.8, 4) is 0 Å². The zero-order valence-electron chi connectivity index (χ0n) is 11.7. The van der Waals surface area contributed by atoms with Crippen LogP contribution in [0.15, 0.2) is 0 Å². The van der Waals surface area contributed by atoms with Gasteiger partial charge in [0.15, 0.2) is 0 Å². The molecule has 3 rings (SSSR count). The Morgan fingerprint density at radius 2 is 1.56 bits per heavy atom. The molecule has 2 atom stereocenters. The lowest BCUT2D eigenvalue weighted by Gasteiger charge is -2.37. The molecule has 3 fully saturated rings. The van der Waals surface area contributed by atoms with Gasteiger partial charge in [-0.25, -0.2) is 0 Å². The summed E-state index contributed by atoms with van der Waals surface area (Å²) in [5.74, 6) is 0.764. The van der Waals surface area contributed by atoms with Gasteiger partial charge in [0.25, 0.3) is 0 Å². The Kier molecular flexibility index (Phi) is 4.22. The van der Waals surface area contributed by atoms with Crippen molar-refractivity contribution in [1.82, 2.24) is 9.80 Å². The van der Waals surface area contributed by atoms with E-state index in [1.807, 2.05) is 0 Å². The van der Waals surface area contributed by atoms with Gasteiger partial charge in [0, 0.05) is 44.8 Å². The van der Waals surface area contributed by atoms with Crippen molar-refractivity contribution in [2.45, 2.75) is 57.0 Å². The summed E-state index contributed by atoms with van der Waals surface area (Å²) in [4.78, 5) is 5.37. The average molecular weight is 251 g/mol. The van der Waals surface area contributed by atoms with E-state index in [9.17, 15) is 0 Å². The second-order valence-electron chi connectivity index (χ2n) is 6.63. The molecule has 0 spiro atoms. The smallest absolute Gasteiger partial charge is 0.0113 e. The van der Waals surface area contributed by atoms with Gasteiger partial charge in [-0.3, -0.25) is 4.90 Å². The molecular weight excluding hydrogens is 222 g/mol. The number of hydrogen-bond donors (Lipinski definition) is 1. The van der Waals surface area contributed by atoms with Gasteiger partial charge in [-0.15, -0.1) is 0 Å². The van der Waals surface area contributed by atoms with Gasteiger partial charge in [-0.1, -0.05) is 19.3 Å². The summed E-state index contributed by atoms with van der Waals surface area (Å²) < 4.78 is 0. The monoisotopic (exact) mass is 251 g/mol. The van der Waals surface area contributed by atoms with Crippen molar-refractivity contribution in [2.75, 3.05) is 32.7 Å². The van der Waals surface area contributed by atoms with Crippen LogP contribution >= 0.6 is 0 Å². The molecule has 2 aliphatic carbocycles. The van der Waals surface area contributed by atoms with Gasteiger partial charge in [0.2, 0.25) is 0 Å². The van der Waals surface area contributed by atoms with Gasteiger partial charge in [-0.05, 0) is 31.6 Å². The first-order valence-corrected chi connectivity index (χ1v) is 8.05. The number of hydrogen-bond acceptors (Lipinski definition) is 3. The lowest BCUT2D eigenvalue weighted by molar-refractivity contribution is 0.106. The Morgan fingerprint density at radius 1 is 0.833 bits per heavy atom. The van der Waals surface area contributed by atoms with E-state index in [0.29, 0.717) is 6.04 Å². The van der Waals surface area contributed by atoms with Crippen LogP contribution in [-0.2, 0) is 0 Å². The summed E-state index contributed by atoms with van der Waals surface area (Å²) in [5.41, 5.74) is 6.34. The number of rotatable bonds is 3. The van der Waals surface area contributed by atoms with Crippen LogP contribution in [0.5, 0.6) is 0 Å². The van der Waals surface area contributed by atoms with Crippen molar-refractivity contribution in [3.63, 3.8) is 0 Å². The van der Waals surface area contributed by atoms with E-state index in [2.05, 4.69) is 9.80 Å². The highest BCUT2D eigenvalue weighted by Crippen LogP contribution is 2.28. The molecule has 104 valence electrons. The van der Waals surface area contributed by atoms with E-state index in [-0.39, 0.29) is 0 Å². The van der Waals surface area contributed by atoms with Gasteiger partial charge in [-0.2, -0.15) is 0 Å². The molecule has 0 aromatic rings. The summed E-state index contributed by atoms with van der Waals surface area (Å²) >= 11 is 0. The maximum Gasteiger partial charge on any atom is 0.0113 e. The third-order valence-electron chi connectivity index (χ3n) is 5.18. The van der Waals surface area contributed by atoms with Crippen molar-refractivity contribution >= 4 is 0 Å². The fraction of sp³-hybridized carbons (Fsp3) is 1.00. The van der Waals surface area contributed by atoms with Crippen LogP contribution < -0.4 is 5.73 Å². The third kappa shape index (κ3) is 3.25. The normalized spacial score (nSPS) is 36.5. The lowest BCUT2D eigenvalue weighted by atomic mass is 9.94. The molecule has 1 aliphatic heterocycles. The van der Waals surface area contributed by atoms with Crippen molar-refractivity contribution in [2.24, 2.45) is 11.7 Å². The summed E-state index contributed by atoms with van der Waals surface area (Å²) in [6, 6.07) is 1.42. The van der Waals surface area contributed by atoms with E-state index in [1.165, 1.54) is 77.7 Å². The Bertz CT molecular complexity index is 256. The van der Waals surface area contributed by atoms with Crippen molar-refractivity contribution in [3.05, 3.63) is 0 Å². The first-order valence-electron chi connectivity index (χ1n) is 8.05. The molecule has 1 heterocycles. The Labute approximate surface area is 112 Å². The van der Waals surface area contributed by atoms with Crippen molar-refractivity contribution < 1.29 is 0 Å². The molecule has 0 radical (unpaired) electrons. The van der Waals surface area contributed by atoms with Crippen LogP contribution in [0.2, 0.25) is 0 Å². The van der Waals surface area contributed by atoms with Crippen LogP contribution in [0.4, 0.5) is 0 Å². The van der Waals surface area contributed by atoms with Gasteiger partial charge in [0.1, 0.15) is 0 Å². The van der Waals surface area contributed by atoms with Gasteiger partial charge >= 0.3 is 0 Å². The predicted octanol–water partition coefficient (Wildman–Crippen LogP) is 1.67. The molecule has 18 heavy (non-hydrogen) atoms. The van der Waals surface area contributed by atoms with Crippen LogP contribution in [0.25, 0.3) is 0 Å². The highest BCUT2D eigenvalue weighted by Gasteiger charge is 2.32. The summed E-state index contributed by atoms with van der Waals surface area (Å²) in [5, 5.41) is 0. The maximum absolute atomic E-state index is 6.34. The predicted molar refractivity (Wildman–Crippen MR) is 75.6 cm³/mol. The largest absolute Gasteiger partial charge is 0.327 e. The SMILES string of the molecule is NC1CCCCCC1CN1CCN(C2CC2)CC1. The first-order chi connectivity index (χ1) is 8.83. The highest BCUT2D eigenvalue weighted by molar-refractivity contribution is 4.88. The minimum atomic E-state index is 0.467. The second-order valence-corrected chi connectivity index (χ2v) is 6.63. The molecule has 0 bridgehead atoms. The Morgan fingerprint density at radius 3 is 2.28 bits per heavy atom. The van der Waals surface area contributed by atoms with E-state index in [0.717, 1.165) is 12.0 Å². The second kappa shape index (κ2) is 5.89. The topological polar surface area (TPSA) is 32.5 Å². The minimum absolute atomic E-state index is 0.467. The average Bonchev–Trinajstić information content (AvgIpc) is 3.21. The highest BCUT2D eigenvalue weighted by atomic mass is 15.3. The van der Waals surface area contributed by atoms with Crippen LogP contribution in [0, 0.1) is 5.92 Å². The molecule has 2 saturated carbocycles. The molecule has 3 nitrogen and oxygen atoms in total. The van der Waals surface area contributed by atoms with E-state index in [1.54, 1.807) is 0 Å². The summed E-state index contributed by atoms with van der Waals surface area (Å²) in [6.07, 6.45) is 9.69. The zero-order chi connectivity index (χ0) is 12.4. The minimum Gasteiger partial charge on any atom is -0.327 e. The van der Waals surface area contributed by atoms with Crippen LogP contribution in [0.1, 0.15) is 44.9 Å². The lowest BCUT2D eigenvalue weighted by Crippen LogP contribution is -2.50. The molecule has 1 saturated heterocycles. The van der Waals surface area contributed by atoms with E-state index < -0.39 is 0 Å². The molecule has 3 aliphatic rings. The molecule has 0 aromatic heterocycles. The number of nitrogens with two attached hydrogens (primary N) is 1. The van der Waals surface area contributed by atoms with Crippen LogP contribution in [-0.4, -0.2) is 54.6 Å². The molecule has 3 heteroatoms. The van der Waals surface area contributed by atoms with Gasteiger partial charge < -0.3 is 10.6 Å².